The second-order valence-electron chi connectivity index (χ2n) is 12.3. The highest BCUT2D eigenvalue weighted by atomic mass is 32.2. The number of para-hydroxylation sites is 1. The van der Waals surface area contributed by atoms with Gasteiger partial charge in [0.25, 0.3) is 10.0 Å². The van der Waals surface area contributed by atoms with E-state index < -0.39 is 34.3 Å². The van der Waals surface area contributed by atoms with Gasteiger partial charge in [0.05, 0.1) is 10.6 Å². The largest absolute Gasteiger partial charge is 0.352 e. The summed E-state index contributed by atoms with van der Waals surface area (Å²) in [5, 5.41) is 3.17. The Morgan fingerprint density at radius 2 is 1.47 bits per heavy atom. The van der Waals surface area contributed by atoms with Crippen LogP contribution in [-0.2, 0) is 32.6 Å². The summed E-state index contributed by atoms with van der Waals surface area (Å²) >= 11 is 0. The van der Waals surface area contributed by atoms with Crippen LogP contribution in [0.2, 0.25) is 0 Å². The molecule has 9 heteroatoms. The van der Waals surface area contributed by atoms with E-state index in [9.17, 15) is 18.0 Å². The fraction of sp³-hybridized carbons (Fsp3) is 0.316. The minimum Gasteiger partial charge on any atom is -0.352 e. The molecular weight excluding hydrogens is 614 g/mol. The molecule has 4 aromatic carbocycles. The van der Waals surface area contributed by atoms with Gasteiger partial charge in [-0.3, -0.25) is 13.9 Å². The average molecular weight is 656 g/mol. The molecule has 0 bridgehead atoms. The number of anilines is 1. The third kappa shape index (κ3) is 8.46. The van der Waals surface area contributed by atoms with E-state index in [1.807, 2.05) is 37.3 Å². The molecular formula is C38H42FN3O4S. The Bertz CT molecular complexity index is 1770. The Hall–Kier alpha value is -4.50. The number of carbonyl (C=O) groups excluding carboxylic acids is 2. The van der Waals surface area contributed by atoms with Crippen LogP contribution in [0.3, 0.4) is 0 Å². The van der Waals surface area contributed by atoms with Crippen LogP contribution in [0.5, 0.6) is 0 Å². The van der Waals surface area contributed by atoms with Crippen molar-refractivity contribution in [3.8, 4) is 0 Å². The maximum Gasteiger partial charge on any atom is 0.264 e. The first-order chi connectivity index (χ1) is 22.6. The lowest BCUT2D eigenvalue weighted by Crippen LogP contribution is -2.55. The second-order valence-corrected chi connectivity index (χ2v) is 14.1. The van der Waals surface area contributed by atoms with E-state index in [-0.39, 0.29) is 35.4 Å². The predicted molar refractivity (Wildman–Crippen MR) is 183 cm³/mol. The van der Waals surface area contributed by atoms with E-state index in [1.165, 1.54) is 23.1 Å². The average Bonchev–Trinajstić information content (AvgIpc) is 3.07. The summed E-state index contributed by atoms with van der Waals surface area (Å²) in [4.78, 5) is 30.2. The smallest absolute Gasteiger partial charge is 0.264 e. The first-order valence-electron chi connectivity index (χ1n) is 16.2. The van der Waals surface area contributed by atoms with Gasteiger partial charge in [0.15, 0.2) is 0 Å². The summed E-state index contributed by atoms with van der Waals surface area (Å²) in [6, 6.07) is 27.9. The molecule has 1 saturated carbocycles. The minimum absolute atomic E-state index is 0.0229. The molecule has 1 N–H and O–H groups in total. The van der Waals surface area contributed by atoms with Crippen molar-refractivity contribution in [2.75, 3.05) is 10.8 Å². The topological polar surface area (TPSA) is 86.8 Å². The van der Waals surface area contributed by atoms with E-state index in [2.05, 4.69) is 5.32 Å². The molecule has 5 rings (SSSR count). The molecule has 2 amide bonds. The van der Waals surface area contributed by atoms with E-state index in [1.54, 1.807) is 61.5 Å². The maximum absolute atomic E-state index is 15.2. The van der Waals surface area contributed by atoms with Crippen LogP contribution >= 0.6 is 0 Å². The van der Waals surface area contributed by atoms with Crippen molar-refractivity contribution in [3.05, 3.63) is 131 Å². The molecule has 0 heterocycles. The van der Waals surface area contributed by atoms with Crippen LogP contribution in [-0.4, -0.2) is 43.8 Å². The summed E-state index contributed by atoms with van der Waals surface area (Å²) < 4.78 is 44.7. The number of carbonyl (C=O) groups is 2. The van der Waals surface area contributed by atoms with Gasteiger partial charge in [-0.2, -0.15) is 0 Å². The molecule has 4 aromatic rings. The minimum atomic E-state index is -4.22. The van der Waals surface area contributed by atoms with Crippen LogP contribution in [0.15, 0.2) is 108 Å². The maximum atomic E-state index is 15.2. The molecule has 0 saturated heterocycles. The van der Waals surface area contributed by atoms with Gasteiger partial charge in [-0.05, 0) is 62.1 Å². The van der Waals surface area contributed by atoms with Crippen LogP contribution in [0.25, 0.3) is 0 Å². The fourth-order valence-corrected chi connectivity index (χ4v) is 7.58. The first kappa shape index (κ1) is 33.9. The molecule has 1 aliphatic carbocycles. The fourth-order valence-electron chi connectivity index (χ4n) is 6.10. The van der Waals surface area contributed by atoms with Crippen LogP contribution < -0.4 is 9.62 Å². The zero-order chi connectivity index (χ0) is 33.4. The van der Waals surface area contributed by atoms with Crippen LogP contribution in [0.4, 0.5) is 10.1 Å². The zero-order valence-corrected chi connectivity index (χ0v) is 27.8. The Balaban J connectivity index is 1.58. The van der Waals surface area contributed by atoms with E-state index in [4.69, 9.17) is 0 Å². The summed E-state index contributed by atoms with van der Waals surface area (Å²) in [5.41, 5.74) is 2.95. The first-order valence-corrected chi connectivity index (χ1v) is 17.6. The van der Waals surface area contributed by atoms with Gasteiger partial charge in [0.2, 0.25) is 11.8 Å². The number of benzene rings is 4. The van der Waals surface area contributed by atoms with Crippen molar-refractivity contribution in [2.24, 2.45) is 0 Å². The Kier molecular flexibility index (Phi) is 11.1. The standard InChI is InChI=1S/C38H42FN3O4S/c1-28-21-23-33(24-22-28)47(45,46)42(35-20-12-9-13-29(35)2)27-37(43)41(26-31-16-10-11-19-34(31)39)36(25-30-14-5-3-6-15-30)38(44)40-32-17-7-4-8-18-32/h3,5-6,9-16,19-24,32,36H,4,7-8,17-18,25-27H2,1-2H3,(H,40,44)/t36-/m1/s1. The highest BCUT2D eigenvalue weighted by molar-refractivity contribution is 7.92. The quantitative estimate of drug-likeness (QED) is 0.184. The van der Waals surface area contributed by atoms with Gasteiger partial charge in [-0.25, -0.2) is 12.8 Å². The Morgan fingerprint density at radius 1 is 0.830 bits per heavy atom. The zero-order valence-electron chi connectivity index (χ0n) is 26.9. The number of rotatable bonds is 12. The van der Waals surface area contributed by atoms with Crippen molar-refractivity contribution in [2.45, 2.75) is 75.9 Å². The van der Waals surface area contributed by atoms with Crippen molar-refractivity contribution in [1.29, 1.82) is 0 Å². The third-order valence-corrected chi connectivity index (χ3v) is 10.6. The number of aryl methyl sites for hydroxylation is 2. The molecule has 0 aromatic heterocycles. The third-order valence-electron chi connectivity index (χ3n) is 8.79. The van der Waals surface area contributed by atoms with Crippen molar-refractivity contribution >= 4 is 27.5 Å². The Morgan fingerprint density at radius 3 is 2.15 bits per heavy atom. The lowest BCUT2D eigenvalue weighted by Gasteiger charge is -2.35. The second kappa shape index (κ2) is 15.4. The lowest BCUT2D eigenvalue weighted by molar-refractivity contribution is -0.140. The SMILES string of the molecule is Cc1ccc(S(=O)(=O)N(CC(=O)N(Cc2ccccc2F)[C@H](Cc2ccccc2)C(=O)NC2CCCCC2)c2ccccc2C)cc1. The molecule has 47 heavy (non-hydrogen) atoms. The van der Waals surface area contributed by atoms with Gasteiger partial charge in [-0.15, -0.1) is 0 Å². The van der Waals surface area contributed by atoms with E-state index >= 15 is 4.39 Å². The molecule has 7 nitrogen and oxygen atoms in total. The summed E-state index contributed by atoms with van der Waals surface area (Å²) in [6.07, 6.45) is 5.00. The monoisotopic (exact) mass is 655 g/mol. The highest BCUT2D eigenvalue weighted by Crippen LogP contribution is 2.28. The number of halogens is 1. The molecule has 0 unspecified atom stereocenters. The number of sulfonamides is 1. The number of amides is 2. The Labute approximate surface area is 277 Å². The molecule has 0 aliphatic heterocycles. The molecule has 1 atom stereocenters. The molecule has 0 spiro atoms. The normalized spacial score (nSPS) is 14.3. The van der Waals surface area contributed by atoms with Gasteiger partial charge >= 0.3 is 0 Å². The number of nitrogens with zero attached hydrogens (tertiary/aromatic N) is 2. The molecule has 0 radical (unpaired) electrons. The van der Waals surface area contributed by atoms with Gasteiger partial charge < -0.3 is 10.2 Å². The number of nitrogens with one attached hydrogen (secondary N) is 1. The molecule has 1 aliphatic rings. The summed E-state index contributed by atoms with van der Waals surface area (Å²) in [6.45, 7) is 2.85. The molecule has 1 fully saturated rings. The number of hydrogen-bond donors (Lipinski definition) is 1. The predicted octanol–water partition coefficient (Wildman–Crippen LogP) is 6.73. The van der Waals surface area contributed by atoms with Crippen molar-refractivity contribution < 1.29 is 22.4 Å². The van der Waals surface area contributed by atoms with Crippen molar-refractivity contribution in [1.82, 2.24) is 10.2 Å². The van der Waals surface area contributed by atoms with Gasteiger partial charge in [0.1, 0.15) is 18.4 Å². The van der Waals surface area contributed by atoms with E-state index in [0.717, 1.165) is 47.5 Å². The highest BCUT2D eigenvalue weighted by Gasteiger charge is 2.36. The van der Waals surface area contributed by atoms with Gasteiger partial charge in [0, 0.05) is 24.6 Å². The van der Waals surface area contributed by atoms with Crippen LogP contribution in [0, 0.1) is 19.7 Å². The summed E-state index contributed by atoms with van der Waals surface area (Å²) in [5.74, 6) is -1.47. The molecule has 246 valence electrons. The number of hydrogen-bond acceptors (Lipinski definition) is 4. The lowest BCUT2D eigenvalue weighted by atomic mass is 9.94. The van der Waals surface area contributed by atoms with Crippen LogP contribution in [0.1, 0.15) is 54.4 Å². The van der Waals surface area contributed by atoms with Crippen molar-refractivity contribution in [3.63, 3.8) is 0 Å². The van der Waals surface area contributed by atoms with E-state index in [0.29, 0.717) is 11.3 Å². The van der Waals surface area contributed by atoms with Gasteiger partial charge in [-0.1, -0.05) is 104 Å². The summed E-state index contributed by atoms with van der Waals surface area (Å²) in [7, 11) is -4.22.